The number of carbonyl (C=O) groups is 1. The molecule has 0 bridgehead atoms. The molecule has 0 spiro atoms. The summed E-state index contributed by atoms with van der Waals surface area (Å²) in [4.78, 5) is 16.0. The van der Waals surface area contributed by atoms with E-state index in [1.165, 1.54) is 18.3 Å². The van der Waals surface area contributed by atoms with Crippen LogP contribution in [0, 0.1) is 0 Å². The lowest BCUT2D eigenvalue weighted by atomic mass is 10.1. The summed E-state index contributed by atoms with van der Waals surface area (Å²) in [7, 11) is 0. The van der Waals surface area contributed by atoms with Crippen molar-refractivity contribution in [2.45, 2.75) is 6.18 Å². The maximum Gasteiger partial charge on any atom is 0.416 e. The molecule has 0 aliphatic rings. The monoisotopic (exact) mass is 346 g/mol. The molecular weight excluding hydrogens is 333 g/mol. The summed E-state index contributed by atoms with van der Waals surface area (Å²) < 4.78 is 43.7. The molecule has 0 aliphatic heterocycles. The molecule has 0 aliphatic carbocycles. The number of anilines is 1. The third-order valence-electron chi connectivity index (χ3n) is 3.46. The van der Waals surface area contributed by atoms with Crippen molar-refractivity contribution in [3.63, 3.8) is 0 Å². The van der Waals surface area contributed by atoms with Crippen LogP contribution in [0.25, 0.3) is 10.9 Å². The van der Waals surface area contributed by atoms with Gasteiger partial charge >= 0.3 is 6.18 Å². The molecule has 7 heteroatoms. The van der Waals surface area contributed by atoms with Crippen molar-refractivity contribution in [1.82, 2.24) is 4.98 Å². The predicted octanol–water partition coefficient (Wildman–Crippen LogP) is 4.27. The van der Waals surface area contributed by atoms with E-state index in [9.17, 15) is 18.0 Å². The minimum absolute atomic E-state index is 0.150. The molecule has 0 fully saturated rings. The highest BCUT2D eigenvalue weighted by Gasteiger charge is 2.30. The van der Waals surface area contributed by atoms with Gasteiger partial charge in [-0.3, -0.25) is 9.78 Å². The smallest absolute Gasteiger partial charge is 0.416 e. The Labute approximate surface area is 141 Å². The van der Waals surface area contributed by atoms with E-state index in [1.807, 2.05) is 6.07 Å². The molecule has 0 unspecified atom stereocenters. The summed E-state index contributed by atoms with van der Waals surface area (Å²) >= 11 is 0. The van der Waals surface area contributed by atoms with Crippen molar-refractivity contribution in [2.24, 2.45) is 0 Å². The quantitative estimate of drug-likeness (QED) is 0.767. The fraction of sp³-hybridized carbons (Fsp3) is 0.111. The van der Waals surface area contributed by atoms with Crippen LogP contribution in [0.5, 0.6) is 5.75 Å². The van der Waals surface area contributed by atoms with Gasteiger partial charge in [-0.2, -0.15) is 13.2 Å². The van der Waals surface area contributed by atoms with Crippen molar-refractivity contribution < 1.29 is 22.7 Å². The minimum Gasteiger partial charge on any atom is -0.484 e. The Morgan fingerprint density at radius 3 is 2.56 bits per heavy atom. The first-order valence-electron chi connectivity index (χ1n) is 7.37. The van der Waals surface area contributed by atoms with E-state index < -0.39 is 17.6 Å². The maximum atomic E-state index is 12.8. The first kappa shape index (κ1) is 16.8. The van der Waals surface area contributed by atoms with Gasteiger partial charge in [0.15, 0.2) is 6.61 Å². The Morgan fingerprint density at radius 2 is 1.84 bits per heavy atom. The SMILES string of the molecule is O=C(COc1ccccc1)Nc1ccnc2cc(C(F)(F)F)ccc12. The molecule has 0 atom stereocenters. The molecule has 0 radical (unpaired) electrons. The Kier molecular flexibility index (Phi) is 4.56. The minimum atomic E-state index is -4.45. The average molecular weight is 346 g/mol. The van der Waals surface area contributed by atoms with E-state index in [4.69, 9.17) is 4.74 Å². The van der Waals surface area contributed by atoms with Gasteiger partial charge < -0.3 is 10.1 Å². The van der Waals surface area contributed by atoms with Gasteiger partial charge in [0.2, 0.25) is 0 Å². The lowest BCUT2D eigenvalue weighted by Gasteiger charge is -2.11. The van der Waals surface area contributed by atoms with Gasteiger partial charge in [-0.25, -0.2) is 0 Å². The van der Waals surface area contributed by atoms with Crippen LogP contribution in [-0.4, -0.2) is 17.5 Å². The topological polar surface area (TPSA) is 51.2 Å². The van der Waals surface area contributed by atoms with Gasteiger partial charge in [0.05, 0.1) is 16.8 Å². The van der Waals surface area contributed by atoms with Crippen LogP contribution in [0.15, 0.2) is 60.8 Å². The van der Waals surface area contributed by atoms with Crippen LogP contribution >= 0.6 is 0 Å². The van der Waals surface area contributed by atoms with Crippen LogP contribution < -0.4 is 10.1 Å². The van der Waals surface area contributed by atoms with E-state index in [0.717, 1.165) is 12.1 Å². The first-order valence-corrected chi connectivity index (χ1v) is 7.37. The lowest BCUT2D eigenvalue weighted by Crippen LogP contribution is -2.20. The van der Waals surface area contributed by atoms with Gasteiger partial charge in [-0.05, 0) is 30.3 Å². The number of amides is 1. The van der Waals surface area contributed by atoms with Gasteiger partial charge in [0.1, 0.15) is 5.75 Å². The molecule has 2 aromatic carbocycles. The van der Waals surface area contributed by atoms with Crippen molar-refractivity contribution >= 4 is 22.5 Å². The predicted molar refractivity (Wildman–Crippen MR) is 87.3 cm³/mol. The summed E-state index contributed by atoms with van der Waals surface area (Å²) in [6, 6.07) is 13.5. The largest absolute Gasteiger partial charge is 0.484 e. The summed E-state index contributed by atoms with van der Waals surface area (Å²) in [5.41, 5.74) is -0.264. The third kappa shape index (κ3) is 4.06. The number of pyridine rings is 1. The number of hydrogen-bond acceptors (Lipinski definition) is 3. The Bertz CT molecular complexity index is 896. The van der Waals surface area contributed by atoms with Gasteiger partial charge in [0, 0.05) is 11.6 Å². The zero-order chi connectivity index (χ0) is 17.9. The second-order valence-electron chi connectivity index (χ2n) is 5.24. The van der Waals surface area contributed by atoms with Crippen molar-refractivity contribution in [3.05, 3.63) is 66.4 Å². The van der Waals surface area contributed by atoms with Crippen LogP contribution in [0.3, 0.4) is 0 Å². The molecular formula is C18H13F3N2O2. The van der Waals surface area contributed by atoms with Crippen molar-refractivity contribution in [2.75, 3.05) is 11.9 Å². The fourth-order valence-electron chi connectivity index (χ4n) is 2.29. The highest BCUT2D eigenvalue weighted by atomic mass is 19.4. The number of halogens is 3. The maximum absolute atomic E-state index is 12.8. The number of ether oxygens (including phenoxy) is 1. The number of nitrogens with one attached hydrogen (secondary N) is 1. The first-order chi connectivity index (χ1) is 11.9. The molecule has 4 nitrogen and oxygen atoms in total. The standard InChI is InChI=1S/C18H13F3N2O2/c19-18(20,21)12-6-7-14-15(8-9-22-16(14)10-12)23-17(24)11-25-13-4-2-1-3-5-13/h1-10H,11H2,(H,22,23,24). The van der Waals surface area contributed by atoms with E-state index in [2.05, 4.69) is 10.3 Å². The Morgan fingerprint density at radius 1 is 1.08 bits per heavy atom. The molecule has 1 amide bonds. The zero-order valence-corrected chi connectivity index (χ0v) is 12.9. The van der Waals surface area contributed by atoms with Gasteiger partial charge in [-0.1, -0.05) is 24.3 Å². The van der Waals surface area contributed by atoms with E-state index >= 15 is 0 Å². The second kappa shape index (κ2) is 6.80. The molecule has 128 valence electrons. The normalized spacial score (nSPS) is 11.3. The highest BCUT2D eigenvalue weighted by molar-refractivity contribution is 6.01. The van der Waals surface area contributed by atoms with Crippen LogP contribution in [0.2, 0.25) is 0 Å². The van der Waals surface area contributed by atoms with Crippen LogP contribution in [0.1, 0.15) is 5.56 Å². The molecule has 1 heterocycles. The highest BCUT2D eigenvalue weighted by Crippen LogP contribution is 2.32. The summed E-state index contributed by atoms with van der Waals surface area (Å²) in [6.07, 6.45) is -3.10. The Hall–Kier alpha value is -3.09. The van der Waals surface area contributed by atoms with Gasteiger partial charge in [-0.15, -0.1) is 0 Å². The molecule has 25 heavy (non-hydrogen) atoms. The number of hydrogen-bond donors (Lipinski definition) is 1. The fourth-order valence-corrected chi connectivity index (χ4v) is 2.29. The number of nitrogens with zero attached hydrogens (tertiary/aromatic N) is 1. The van der Waals surface area contributed by atoms with Crippen molar-refractivity contribution in [1.29, 1.82) is 0 Å². The third-order valence-corrected chi connectivity index (χ3v) is 3.46. The van der Waals surface area contributed by atoms with E-state index in [0.29, 0.717) is 16.8 Å². The van der Waals surface area contributed by atoms with E-state index in [1.54, 1.807) is 24.3 Å². The van der Waals surface area contributed by atoms with Crippen molar-refractivity contribution in [3.8, 4) is 5.75 Å². The molecule has 3 rings (SSSR count). The van der Waals surface area contributed by atoms with Crippen LogP contribution in [-0.2, 0) is 11.0 Å². The number of para-hydroxylation sites is 1. The summed E-state index contributed by atoms with van der Waals surface area (Å²) in [6.45, 7) is -0.214. The Balaban J connectivity index is 1.76. The average Bonchev–Trinajstić information content (AvgIpc) is 2.60. The number of alkyl halides is 3. The number of fused-ring (bicyclic) bond motifs is 1. The zero-order valence-electron chi connectivity index (χ0n) is 12.9. The molecule has 1 N–H and O–H groups in total. The number of rotatable bonds is 4. The number of benzene rings is 2. The molecule has 0 saturated heterocycles. The summed E-state index contributed by atoms with van der Waals surface area (Å²) in [5.74, 6) is 0.128. The second-order valence-corrected chi connectivity index (χ2v) is 5.24. The van der Waals surface area contributed by atoms with E-state index in [-0.39, 0.29) is 12.1 Å². The molecule has 3 aromatic rings. The molecule has 1 aromatic heterocycles. The number of aromatic nitrogens is 1. The van der Waals surface area contributed by atoms with Gasteiger partial charge in [0.25, 0.3) is 5.91 Å². The number of carbonyl (C=O) groups excluding carboxylic acids is 1. The lowest BCUT2D eigenvalue weighted by molar-refractivity contribution is -0.137. The summed E-state index contributed by atoms with van der Waals surface area (Å²) in [5, 5.41) is 3.05. The van der Waals surface area contributed by atoms with Crippen LogP contribution in [0.4, 0.5) is 18.9 Å². The molecule has 0 saturated carbocycles.